The molecule has 4 nitrogen and oxygen atoms in total. The molecule has 0 aliphatic rings. The Morgan fingerprint density at radius 2 is 1.68 bits per heavy atom. The van der Waals surface area contributed by atoms with Crippen LogP contribution in [0.4, 0.5) is 0 Å². The zero-order valence-electron chi connectivity index (χ0n) is 13.6. The molecule has 0 aliphatic carbocycles. The molecule has 122 valence electrons. The fourth-order valence-electron chi connectivity index (χ4n) is 2.79. The summed E-state index contributed by atoms with van der Waals surface area (Å²) in [5.74, 6) is -0.0850. The number of fused-ring (bicyclic) bond motifs is 1. The van der Waals surface area contributed by atoms with E-state index >= 15 is 0 Å². The zero-order valence-corrected chi connectivity index (χ0v) is 13.6. The van der Waals surface area contributed by atoms with E-state index in [2.05, 4.69) is 10.4 Å². The highest BCUT2D eigenvalue weighted by molar-refractivity contribution is 5.98. The summed E-state index contributed by atoms with van der Waals surface area (Å²) in [5.41, 5.74) is 2.61. The van der Waals surface area contributed by atoms with Crippen LogP contribution >= 0.6 is 0 Å². The lowest BCUT2D eigenvalue weighted by molar-refractivity contribution is 0.0951. The van der Waals surface area contributed by atoms with E-state index in [0.717, 1.165) is 22.0 Å². The lowest BCUT2D eigenvalue weighted by atomic mass is 10.1. The van der Waals surface area contributed by atoms with Gasteiger partial charge in [-0.3, -0.25) is 4.79 Å². The van der Waals surface area contributed by atoms with Crippen molar-refractivity contribution >= 4 is 16.7 Å². The summed E-state index contributed by atoms with van der Waals surface area (Å²) in [6, 6.07) is 23.6. The van der Waals surface area contributed by atoms with Gasteiger partial charge in [-0.15, -0.1) is 0 Å². The second-order valence-corrected chi connectivity index (χ2v) is 5.87. The Bertz CT molecular complexity index is 1020. The summed E-state index contributed by atoms with van der Waals surface area (Å²) in [6.45, 7) is 0.443. The van der Waals surface area contributed by atoms with Gasteiger partial charge in [-0.2, -0.15) is 5.10 Å². The number of benzene rings is 3. The summed E-state index contributed by atoms with van der Waals surface area (Å²) in [4.78, 5) is 12.4. The second-order valence-electron chi connectivity index (χ2n) is 5.87. The third kappa shape index (κ3) is 3.28. The first-order valence-corrected chi connectivity index (χ1v) is 8.15. The number of nitrogens with one attached hydrogen (secondary N) is 1. The average Bonchev–Trinajstić information content (AvgIpc) is 3.15. The Balaban J connectivity index is 1.45. The number of amides is 1. The smallest absolute Gasteiger partial charge is 0.251 e. The first-order valence-electron chi connectivity index (χ1n) is 8.15. The van der Waals surface area contributed by atoms with Crippen LogP contribution in [0.15, 0.2) is 85.2 Å². The summed E-state index contributed by atoms with van der Waals surface area (Å²) in [7, 11) is 0. The Morgan fingerprint density at radius 1 is 0.920 bits per heavy atom. The number of carbonyl (C=O) groups is 1. The third-order valence-electron chi connectivity index (χ3n) is 4.12. The maximum atomic E-state index is 12.4. The van der Waals surface area contributed by atoms with Crippen molar-refractivity contribution in [3.63, 3.8) is 0 Å². The van der Waals surface area contributed by atoms with E-state index < -0.39 is 0 Å². The van der Waals surface area contributed by atoms with Crippen LogP contribution in [0, 0.1) is 0 Å². The second kappa shape index (κ2) is 6.61. The van der Waals surface area contributed by atoms with E-state index in [1.54, 1.807) is 10.9 Å². The minimum Gasteiger partial charge on any atom is -0.348 e. The molecule has 1 amide bonds. The summed E-state index contributed by atoms with van der Waals surface area (Å²) < 4.78 is 1.80. The Hall–Kier alpha value is -3.40. The van der Waals surface area contributed by atoms with Crippen molar-refractivity contribution in [1.29, 1.82) is 0 Å². The van der Waals surface area contributed by atoms with Crippen LogP contribution in [0.1, 0.15) is 15.9 Å². The molecule has 0 aliphatic heterocycles. The molecule has 1 aromatic heterocycles. The molecule has 0 saturated carbocycles. The molecule has 0 unspecified atom stereocenters. The van der Waals surface area contributed by atoms with Crippen molar-refractivity contribution < 1.29 is 4.79 Å². The monoisotopic (exact) mass is 327 g/mol. The molecule has 0 fully saturated rings. The molecule has 25 heavy (non-hydrogen) atoms. The van der Waals surface area contributed by atoms with Crippen LogP contribution in [0.5, 0.6) is 0 Å². The van der Waals surface area contributed by atoms with Gasteiger partial charge in [-0.25, -0.2) is 4.68 Å². The summed E-state index contributed by atoms with van der Waals surface area (Å²) >= 11 is 0. The molecule has 4 heteroatoms. The van der Waals surface area contributed by atoms with E-state index in [1.807, 2.05) is 79.0 Å². The maximum Gasteiger partial charge on any atom is 0.251 e. The highest BCUT2D eigenvalue weighted by atomic mass is 16.1. The van der Waals surface area contributed by atoms with Crippen LogP contribution in [-0.2, 0) is 6.54 Å². The van der Waals surface area contributed by atoms with Gasteiger partial charge in [-0.05, 0) is 35.0 Å². The van der Waals surface area contributed by atoms with Gasteiger partial charge in [0.05, 0.1) is 11.9 Å². The Kier molecular flexibility index (Phi) is 4.01. The predicted octanol–water partition coefficient (Wildman–Crippen LogP) is 3.96. The van der Waals surface area contributed by atoms with Gasteiger partial charge in [0, 0.05) is 23.9 Å². The first kappa shape index (κ1) is 15.1. The molecule has 0 radical (unpaired) electrons. The van der Waals surface area contributed by atoms with Gasteiger partial charge in [0.1, 0.15) is 0 Å². The van der Waals surface area contributed by atoms with Crippen LogP contribution in [0.25, 0.3) is 16.5 Å². The van der Waals surface area contributed by atoms with Gasteiger partial charge in [0.15, 0.2) is 0 Å². The van der Waals surface area contributed by atoms with Gasteiger partial charge < -0.3 is 5.32 Å². The highest BCUT2D eigenvalue weighted by Gasteiger charge is 2.07. The molecule has 3 aromatic carbocycles. The van der Waals surface area contributed by atoms with E-state index in [9.17, 15) is 4.79 Å². The van der Waals surface area contributed by atoms with Crippen molar-refractivity contribution in [3.05, 3.63) is 96.3 Å². The lowest BCUT2D eigenvalue weighted by Gasteiger charge is -2.05. The summed E-state index contributed by atoms with van der Waals surface area (Å²) in [5, 5.41) is 9.49. The Morgan fingerprint density at radius 3 is 2.52 bits per heavy atom. The summed E-state index contributed by atoms with van der Waals surface area (Å²) in [6.07, 6.45) is 3.70. The van der Waals surface area contributed by atoms with E-state index in [0.29, 0.717) is 12.1 Å². The van der Waals surface area contributed by atoms with Crippen LogP contribution in [0.3, 0.4) is 0 Å². The fourth-order valence-corrected chi connectivity index (χ4v) is 2.79. The number of rotatable bonds is 4. The van der Waals surface area contributed by atoms with E-state index in [4.69, 9.17) is 0 Å². The molecule has 1 heterocycles. The van der Waals surface area contributed by atoms with Crippen molar-refractivity contribution in [1.82, 2.24) is 15.1 Å². The van der Waals surface area contributed by atoms with Crippen molar-refractivity contribution in [2.75, 3.05) is 0 Å². The van der Waals surface area contributed by atoms with Crippen molar-refractivity contribution in [2.45, 2.75) is 6.54 Å². The van der Waals surface area contributed by atoms with Gasteiger partial charge >= 0.3 is 0 Å². The molecule has 4 rings (SSSR count). The third-order valence-corrected chi connectivity index (χ3v) is 4.12. The molecule has 1 N–H and O–H groups in total. The van der Waals surface area contributed by atoms with Crippen LogP contribution in [-0.4, -0.2) is 15.7 Å². The van der Waals surface area contributed by atoms with Gasteiger partial charge in [0.25, 0.3) is 5.91 Å². The van der Waals surface area contributed by atoms with Gasteiger partial charge in [0.2, 0.25) is 0 Å². The maximum absolute atomic E-state index is 12.4. The Labute approximate surface area is 145 Å². The fraction of sp³-hybridized carbons (Fsp3) is 0.0476. The van der Waals surface area contributed by atoms with Gasteiger partial charge in [-0.1, -0.05) is 48.5 Å². The molecule has 4 aromatic rings. The lowest BCUT2D eigenvalue weighted by Crippen LogP contribution is -2.22. The van der Waals surface area contributed by atoms with Crippen molar-refractivity contribution in [3.8, 4) is 5.69 Å². The number of nitrogens with zero attached hydrogens (tertiary/aromatic N) is 2. The van der Waals surface area contributed by atoms with Crippen LogP contribution < -0.4 is 5.32 Å². The van der Waals surface area contributed by atoms with E-state index in [-0.39, 0.29) is 5.91 Å². The molecule has 0 saturated heterocycles. The highest BCUT2D eigenvalue weighted by Crippen LogP contribution is 2.15. The minimum absolute atomic E-state index is 0.0850. The number of para-hydroxylation sites is 1. The standard InChI is InChI=1S/C21H17N3O/c25-21(19-11-10-17-6-4-5-7-18(17)12-19)22-13-16-14-23-24(15-16)20-8-2-1-3-9-20/h1-12,14-15H,13H2,(H,22,25). The molecular weight excluding hydrogens is 310 g/mol. The topological polar surface area (TPSA) is 46.9 Å². The number of carbonyl (C=O) groups excluding carboxylic acids is 1. The predicted molar refractivity (Wildman–Crippen MR) is 98.7 cm³/mol. The molecule has 0 spiro atoms. The number of hydrogen-bond acceptors (Lipinski definition) is 2. The normalized spacial score (nSPS) is 10.7. The quantitative estimate of drug-likeness (QED) is 0.617. The largest absolute Gasteiger partial charge is 0.348 e. The SMILES string of the molecule is O=C(NCc1cnn(-c2ccccc2)c1)c1ccc2ccccc2c1. The molecular formula is C21H17N3O. The van der Waals surface area contributed by atoms with Crippen molar-refractivity contribution in [2.24, 2.45) is 0 Å². The van der Waals surface area contributed by atoms with Crippen LogP contribution in [0.2, 0.25) is 0 Å². The number of hydrogen-bond donors (Lipinski definition) is 1. The number of aromatic nitrogens is 2. The van der Waals surface area contributed by atoms with E-state index in [1.165, 1.54) is 0 Å². The average molecular weight is 327 g/mol. The zero-order chi connectivity index (χ0) is 17.1. The molecule has 0 bridgehead atoms. The first-order chi connectivity index (χ1) is 12.3. The molecule has 0 atom stereocenters. The minimum atomic E-state index is -0.0850.